The van der Waals surface area contributed by atoms with Crippen LogP contribution in [-0.4, -0.2) is 19.7 Å². The van der Waals surface area contributed by atoms with E-state index in [2.05, 4.69) is 20.4 Å². The summed E-state index contributed by atoms with van der Waals surface area (Å²) < 4.78 is 39.9. The number of nitrogens with zero attached hydrogens (tertiary/aromatic N) is 4. The number of alkyl halides is 3. The van der Waals surface area contributed by atoms with Gasteiger partial charge in [0, 0.05) is 30.7 Å². The number of nitrogens with one attached hydrogen (secondary N) is 1. The molecule has 0 saturated carbocycles. The van der Waals surface area contributed by atoms with E-state index in [1.165, 1.54) is 0 Å². The minimum absolute atomic E-state index is 0.104. The van der Waals surface area contributed by atoms with Gasteiger partial charge in [-0.15, -0.1) is 0 Å². The van der Waals surface area contributed by atoms with E-state index in [1.54, 1.807) is 10.9 Å². The molecule has 0 saturated heterocycles. The average Bonchev–Trinajstić information content (AvgIpc) is 2.93. The minimum Gasteiger partial charge on any atom is -0.324 e. The lowest BCUT2D eigenvalue weighted by molar-refractivity contribution is -0.141. The van der Waals surface area contributed by atoms with Crippen LogP contribution in [0.5, 0.6) is 0 Å². The normalized spacial score (nSPS) is 11.5. The van der Waals surface area contributed by atoms with Crippen molar-refractivity contribution in [3.8, 4) is 11.1 Å². The van der Waals surface area contributed by atoms with Crippen LogP contribution < -0.4 is 5.32 Å². The molecule has 0 atom stereocenters. The molecule has 3 rings (SSSR count). The minimum atomic E-state index is -4.51. The van der Waals surface area contributed by atoms with Crippen LogP contribution in [0.1, 0.15) is 11.3 Å². The SMILES string of the molecule is Cc1cc(Nc2nccc(C(F)(F)F)n2)cc(-c2cnn(C)c2)c1. The van der Waals surface area contributed by atoms with Crippen molar-refractivity contribution < 1.29 is 13.2 Å². The van der Waals surface area contributed by atoms with Crippen molar-refractivity contribution in [2.24, 2.45) is 7.05 Å². The molecule has 0 radical (unpaired) electrons. The van der Waals surface area contributed by atoms with Crippen molar-refractivity contribution in [3.05, 3.63) is 54.1 Å². The fraction of sp³-hybridized carbons (Fsp3) is 0.188. The van der Waals surface area contributed by atoms with Crippen molar-refractivity contribution in [1.29, 1.82) is 0 Å². The number of rotatable bonds is 3. The molecule has 2 aromatic heterocycles. The lowest BCUT2D eigenvalue weighted by Gasteiger charge is -2.10. The molecule has 2 heterocycles. The maximum Gasteiger partial charge on any atom is 0.433 e. The largest absolute Gasteiger partial charge is 0.433 e. The number of aryl methyl sites for hydroxylation is 2. The highest BCUT2D eigenvalue weighted by molar-refractivity contribution is 5.70. The van der Waals surface area contributed by atoms with Crippen LogP contribution in [0.15, 0.2) is 42.9 Å². The van der Waals surface area contributed by atoms with E-state index in [0.29, 0.717) is 5.69 Å². The van der Waals surface area contributed by atoms with Gasteiger partial charge in [-0.3, -0.25) is 4.68 Å². The van der Waals surface area contributed by atoms with Gasteiger partial charge in [0.05, 0.1) is 6.20 Å². The molecule has 5 nitrogen and oxygen atoms in total. The maximum atomic E-state index is 12.7. The Morgan fingerprint density at radius 2 is 1.92 bits per heavy atom. The summed E-state index contributed by atoms with van der Waals surface area (Å²) in [6.45, 7) is 1.90. The highest BCUT2D eigenvalue weighted by Gasteiger charge is 2.32. The maximum absolute atomic E-state index is 12.7. The molecule has 1 aromatic carbocycles. The predicted octanol–water partition coefficient (Wildman–Crippen LogP) is 3.95. The van der Waals surface area contributed by atoms with E-state index < -0.39 is 11.9 Å². The molecule has 8 heteroatoms. The Morgan fingerprint density at radius 3 is 2.58 bits per heavy atom. The van der Waals surface area contributed by atoms with Gasteiger partial charge in [0.25, 0.3) is 0 Å². The Kier molecular flexibility index (Phi) is 3.96. The van der Waals surface area contributed by atoms with E-state index >= 15 is 0 Å². The summed E-state index contributed by atoms with van der Waals surface area (Å²) in [5.41, 5.74) is 2.38. The van der Waals surface area contributed by atoms with Gasteiger partial charge >= 0.3 is 6.18 Å². The summed E-state index contributed by atoms with van der Waals surface area (Å²) in [5.74, 6) is -0.104. The van der Waals surface area contributed by atoms with Crippen LogP contribution in [0.25, 0.3) is 11.1 Å². The van der Waals surface area contributed by atoms with Crippen molar-refractivity contribution in [3.63, 3.8) is 0 Å². The number of anilines is 2. The Balaban J connectivity index is 1.92. The number of hydrogen-bond acceptors (Lipinski definition) is 4. The molecular weight excluding hydrogens is 319 g/mol. The van der Waals surface area contributed by atoms with Gasteiger partial charge in [0.2, 0.25) is 5.95 Å². The molecule has 0 spiro atoms. The second-order valence-corrected chi connectivity index (χ2v) is 5.38. The van der Waals surface area contributed by atoms with Crippen LogP contribution >= 0.6 is 0 Å². The fourth-order valence-corrected chi connectivity index (χ4v) is 2.30. The first-order valence-electron chi connectivity index (χ1n) is 7.09. The fourth-order valence-electron chi connectivity index (χ4n) is 2.30. The van der Waals surface area contributed by atoms with Crippen LogP contribution in [-0.2, 0) is 13.2 Å². The first-order chi connectivity index (χ1) is 11.3. The molecule has 3 aromatic rings. The third-order valence-corrected chi connectivity index (χ3v) is 3.32. The van der Waals surface area contributed by atoms with Gasteiger partial charge in [-0.1, -0.05) is 6.07 Å². The zero-order valence-corrected chi connectivity index (χ0v) is 13.0. The molecule has 124 valence electrons. The third-order valence-electron chi connectivity index (χ3n) is 3.32. The average molecular weight is 333 g/mol. The summed E-state index contributed by atoms with van der Waals surface area (Å²) in [4.78, 5) is 7.36. The van der Waals surface area contributed by atoms with Crippen LogP contribution in [0, 0.1) is 6.92 Å². The first-order valence-corrected chi connectivity index (χ1v) is 7.09. The van der Waals surface area contributed by atoms with Crippen LogP contribution in [0.3, 0.4) is 0 Å². The lowest BCUT2D eigenvalue weighted by atomic mass is 10.1. The molecule has 0 amide bonds. The molecule has 0 bridgehead atoms. The summed E-state index contributed by atoms with van der Waals surface area (Å²) in [5, 5.41) is 6.95. The van der Waals surface area contributed by atoms with E-state index in [1.807, 2.05) is 38.4 Å². The van der Waals surface area contributed by atoms with Crippen LogP contribution in [0.2, 0.25) is 0 Å². The summed E-state index contributed by atoms with van der Waals surface area (Å²) >= 11 is 0. The highest BCUT2D eigenvalue weighted by atomic mass is 19.4. The Bertz CT molecular complexity index is 870. The predicted molar refractivity (Wildman–Crippen MR) is 83.7 cm³/mol. The zero-order valence-electron chi connectivity index (χ0n) is 13.0. The molecule has 0 fully saturated rings. The van der Waals surface area contributed by atoms with Crippen LogP contribution in [0.4, 0.5) is 24.8 Å². The molecule has 0 aliphatic rings. The van der Waals surface area contributed by atoms with Gasteiger partial charge in [-0.25, -0.2) is 9.97 Å². The summed E-state index contributed by atoms with van der Waals surface area (Å²) in [6, 6.07) is 6.43. The number of halogens is 3. The van der Waals surface area contributed by atoms with E-state index in [0.717, 1.165) is 29.0 Å². The van der Waals surface area contributed by atoms with Crippen molar-refractivity contribution >= 4 is 11.6 Å². The van der Waals surface area contributed by atoms with Gasteiger partial charge in [-0.05, 0) is 36.2 Å². The topological polar surface area (TPSA) is 55.6 Å². The second-order valence-electron chi connectivity index (χ2n) is 5.38. The van der Waals surface area contributed by atoms with Crippen molar-refractivity contribution in [2.75, 3.05) is 5.32 Å². The van der Waals surface area contributed by atoms with E-state index in [9.17, 15) is 13.2 Å². The second kappa shape index (κ2) is 5.95. The standard InChI is InChI=1S/C16H14F3N5/c1-10-5-11(12-8-21-24(2)9-12)7-13(6-10)22-15-20-4-3-14(23-15)16(17,18)19/h3-9H,1-2H3,(H,20,22,23). The highest BCUT2D eigenvalue weighted by Crippen LogP contribution is 2.29. The quantitative estimate of drug-likeness (QED) is 0.788. The Labute approximate surface area is 136 Å². The molecule has 0 unspecified atom stereocenters. The summed E-state index contributed by atoms with van der Waals surface area (Å²) in [7, 11) is 1.81. The monoisotopic (exact) mass is 333 g/mol. The van der Waals surface area contributed by atoms with Gasteiger partial charge in [0.15, 0.2) is 0 Å². The molecule has 24 heavy (non-hydrogen) atoms. The van der Waals surface area contributed by atoms with E-state index in [4.69, 9.17) is 0 Å². The van der Waals surface area contributed by atoms with Gasteiger partial charge in [0.1, 0.15) is 5.69 Å². The molecule has 0 aliphatic carbocycles. The first kappa shape index (κ1) is 16.0. The summed E-state index contributed by atoms with van der Waals surface area (Å²) in [6.07, 6.45) is 0.154. The molecule has 1 N–H and O–H groups in total. The zero-order chi connectivity index (χ0) is 17.3. The van der Waals surface area contributed by atoms with E-state index in [-0.39, 0.29) is 5.95 Å². The Hall–Kier alpha value is -2.90. The number of benzene rings is 1. The number of aromatic nitrogens is 4. The Morgan fingerprint density at radius 1 is 1.12 bits per heavy atom. The van der Waals surface area contributed by atoms with Crippen molar-refractivity contribution in [2.45, 2.75) is 13.1 Å². The molecule has 0 aliphatic heterocycles. The smallest absolute Gasteiger partial charge is 0.324 e. The third kappa shape index (κ3) is 3.53. The molecular formula is C16H14F3N5. The van der Waals surface area contributed by atoms with Gasteiger partial charge in [-0.2, -0.15) is 18.3 Å². The van der Waals surface area contributed by atoms with Gasteiger partial charge < -0.3 is 5.32 Å². The number of hydrogen-bond donors (Lipinski definition) is 1. The van der Waals surface area contributed by atoms with Crippen molar-refractivity contribution in [1.82, 2.24) is 19.7 Å². The lowest BCUT2D eigenvalue weighted by Crippen LogP contribution is -2.10.